The summed E-state index contributed by atoms with van der Waals surface area (Å²) in [5.74, 6) is -0.274. The van der Waals surface area contributed by atoms with Gasteiger partial charge in [0.2, 0.25) is 0 Å². The Morgan fingerprint density at radius 2 is 1.50 bits per heavy atom. The van der Waals surface area contributed by atoms with E-state index < -0.39 is 12.1 Å². The Balaban J connectivity index is 1.83. The summed E-state index contributed by atoms with van der Waals surface area (Å²) < 4.78 is 37.7. The first kappa shape index (κ1) is 13.7. The number of amidine groups is 1. The van der Waals surface area contributed by atoms with Gasteiger partial charge in [-0.2, -0.15) is 13.2 Å². The van der Waals surface area contributed by atoms with E-state index in [4.69, 9.17) is 5.41 Å². The molecule has 1 saturated carbocycles. The SMILES string of the molecule is N=C(C1CCCCC1)N1CCC(C(F)(F)F)CC1. The van der Waals surface area contributed by atoms with Crippen LogP contribution in [-0.2, 0) is 0 Å². The van der Waals surface area contributed by atoms with Crippen molar-refractivity contribution in [2.75, 3.05) is 13.1 Å². The van der Waals surface area contributed by atoms with E-state index in [9.17, 15) is 13.2 Å². The Kier molecular flexibility index (Phi) is 4.17. The Hall–Kier alpha value is -0.740. The number of piperidine rings is 1. The molecule has 0 aromatic heterocycles. The van der Waals surface area contributed by atoms with Crippen LogP contribution in [0.15, 0.2) is 0 Å². The number of nitrogens with one attached hydrogen (secondary N) is 1. The topological polar surface area (TPSA) is 27.1 Å². The quantitative estimate of drug-likeness (QED) is 0.564. The summed E-state index contributed by atoms with van der Waals surface area (Å²) in [6.45, 7) is 0.805. The van der Waals surface area contributed by atoms with E-state index in [1.54, 1.807) is 0 Å². The molecule has 1 aliphatic carbocycles. The average molecular weight is 262 g/mol. The fourth-order valence-corrected chi connectivity index (χ4v) is 3.08. The lowest BCUT2D eigenvalue weighted by Crippen LogP contribution is -2.44. The van der Waals surface area contributed by atoms with Crippen molar-refractivity contribution in [1.82, 2.24) is 4.90 Å². The normalized spacial score (nSPS) is 24.3. The molecule has 0 radical (unpaired) electrons. The van der Waals surface area contributed by atoms with Crippen LogP contribution in [0.1, 0.15) is 44.9 Å². The van der Waals surface area contributed by atoms with Gasteiger partial charge in [-0.25, -0.2) is 0 Å². The Bertz CT molecular complexity index is 287. The van der Waals surface area contributed by atoms with Crippen LogP contribution in [-0.4, -0.2) is 30.0 Å². The van der Waals surface area contributed by atoms with Gasteiger partial charge >= 0.3 is 6.18 Å². The first-order chi connectivity index (χ1) is 8.48. The van der Waals surface area contributed by atoms with Gasteiger partial charge in [0.15, 0.2) is 0 Å². The van der Waals surface area contributed by atoms with E-state index in [0.29, 0.717) is 24.8 Å². The lowest BCUT2D eigenvalue weighted by atomic mass is 9.87. The molecule has 1 N–H and O–H groups in total. The zero-order valence-corrected chi connectivity index (χ0v) is 10.6. The molecule has 0 spiro atoms. The molecule has 5 heteroatoms. The van der Waals surface area contributed by atoms with Crippen LogP contribution in [0.5, 0.6) is 0 Å². The van der Waals surface area contributed by atoms with Crippen LogP contribution in [0.25, 0.3) is 0 Å². The maximum absolute atomic E-state index is 12.6. The smallest absolute Gasteiger partial charge is 0.360 e. The van der Waals surface area contributed by atoms with Gasteiger partial charge in [0.05, 0.1) is 11.8 Å². The molecule has 104 valence electrons. The molecule has 2 nitrogen and oxygen atoms in total. The zero-order valence-electron chi connectivity index (χ0n) is 10.6. The van der Waals surface area contributed by atoms with Crippen LogP contribution < -0.4 is 0 Å². The second-order valence-corrected chi connectivity index (χ2v) is 5.52. The van der Waals surface area contributed by atoms with Gasteiger partial charge in [-0.1, -0.05) is 19.3 Å². The number of rotatable bonds is 1. The molecule has 2 rings (SSSR count). The highest BCUT2D eigenvalue weighted by Crippen LogP contribution is 2.35. The molecule has 0 atom stereocenters. The molecule has 1 saturated heterocycles. The Labute approximate surface area is 106 Å². The molecule has 2 fully saturated rings. The number of halogens is 3. The highest BCUT2D eigenvalue weighted by Gasteiger charge is 2.41. The van der Waals surface area contributed by atoms with Crippen molar-refractivity contribution in [1.29, 1.82) is 5.41 Å². The summed E-state index contributed by atoms with van der Waals surface area (Å²) in [6.07, 6.45) is 1.88. The number of likely N-dealkylation sites (tertiary alicyclic amines) is 1. The van der Waals surface area contributed by atoms with Crippen molar-refractivity contribution < 1.29 is 13.2 Å². The predicted octanol–water partition coefficient (Wildman–Crippen LogP) is 3.82. The van der Waals surface area contributed by atoms with E-state index in [1.165, 1.54) is 6.42 Å². The van der Waals surface area contributed by atoms with Crippen LogP contribution in [0.4, 0.5) is 13.2 Å². The fourth-order valence-electron chi connectivity index (χ4n) is 3.08. The van der Waals surface area contributed by atoms with Crippen LogP contribution >= 0.6 is 0 Å². The van der Waals surface area contributed by atoms with Crippen LogP contribution in [0, 0.1) is 17.2 Å². The van der Waals surface area contributed by atoms with E-state index in [2.05, 4.69) is 0 Å². The van der Waals surface area contributed by atoms with E-state index in [-0.39, 0.29) is 12.8 Å². The molecule has 0 unspecified atom stereocenters. The maximum Gasteiger partial charge on any atom is 0.391 e. The molecular weight excluding hydrogens is 241 g/mol. The van der Waals surface area contributed by atoms with Gasteiger partial charge in [-0.15, -0.1) is 0 Å². The number of hydrogen-bond acceptors (Lipinski definition) is 1. The number of hydrogen-bond donors (Lipinski definition) is 1. The maximum atomic E-state index is 12.6. The lowest BCUT2D eigenvalue weighted by Gasteiger charge is -2.37. The van der Waals surface area contributed by atoms with Crippen molar-refractivity contribution in [3.05, 3.63) is 0 Å². The Morgan fingerprint density at radius 1 is 0.944 bits per heavy atom. The summed E-state index contributed by atoms with van der Waals surface area (Å²) in [7, 11) is 0. The lowest BCUT2D eigenvalue weighted by molar-refractivity contribution is -0.183. The summed E-state index contributed by atoms with van der Waals surface area (Å²) in [4.78, 5) is 1.87. The monoisotopic (exact) mass is 262 g/mol. The minimum Gasteiger partial charge on any atom is -0.360 e. The third-order valence-corrected chi connectivity index (χ3v) is 4.29. The van der Waals surface area contributed by atoms with Gasteiger partial charge in [-0.05, 0) is 25.7 Å². The minimum absolute atomic E-state index is 0.151. The van der Waals surface area contributed by atoms with Gasteiger partial charge < -0.3 is 4.90 Å². The zero-order chi connectivity index (χ0) is 13.2. The molecular formula is C13H21F3N2. The second-order valence-electron chi connectivity index (χ2n) is 5.52. The third kappa shape index (κ3) is 3.18. The van der Waals surface area contributed by atoms with Crippen molar-refractivity contribution in [3.8, 4) is 0 Å². The van der Waals surface area contributed by atoms with Gasteiger partial charge in [0.25, 0.3) is 0 Å². The molecule has 0 aromatic carbocycles. The average Bonchev–Trinajstić information content (AvgIpc) is 2.38. The largest absolute Gasteiger partial charge is 0.391 e. The molecule has 1 aliphatic heterocycles. The minimum atomic E-state index is -4.06. The highest BCUT2D eigenvalue weighted by molar-refractivity contribution is 5.81. The highest BCUT2D eigenvalue weighted by atomic mass is 19.4. The summed E-state index contributed by atoms with van der Waals surface area (Å²) in [5.41, 5.74) is 0. The summed E-state index contributed by atoms with van der Waals surface area (Å²) in [6, 6.07) is 0. The first-order valence-corrected chi connectivity index (χ1v) is 6.88. The number of nitrogens with zero attached hydrogens (tertiary/aromatic N) is 1. The van der Waals surface area contributed by atoms with Gasteiger partial charge in [0, 0.05) is 19.0 Å². The van der Waals surface area contributed by atoms with Crippen molar-refractivity contribution in [3.63, 3.8) is 0 Å². The van der Waals surface area contributed by atoms with Gasteiger partial charge in [-0.3, -0.25) is 5.41 Å². The molecule has 0 amide bonds. The molecule has 0 aromatic rings. The first-order valence-electron chi connectivity index (χ1n) is 6.88. The van der Waals surface area contributed by atoms with Crippen molar-refractivity contribution >= 4 is 5.84 Å². The van der Waals surface area contributed by atoms with Crippen molar-refractivity contribution in [2.24, 2.45) is 11.8 Å². The van der Waals surface area contributed by atoms with E-state index in [1.807, 2.05) is 4.90 Å². The molecule has 18 heavy (non-hydrogen) atoms. The van der Waals surface area contributed by atoms with E-state index in [0.717, 1.165) is 25.7 Å². The van der Waals surface area contributed by atoms with Crippen molar-refractivity contribution in [2.45, 2.75) is 51.1 Å². The summed E-state index contributed by atoms with van der Waals surface area (Å²) >= 11 is 0. The third-order valence-electron chi connectivity index (χ3n) is 4.29. The second kappa shape index (κ2) is 5.49. The Morgan fingerprint density at radius 3 is 2.00 bits per heavy atom. The molecule has 1 heterocycles. The molecule has 0 bridgehead atoms. The standard InChI is InChI=1S/C13H21F3N2/c14-13(15,16)11-6-8-18(9-7-11)12(17)10-4-2-1-3-5-10/h10-11,17H,1-9H2. The van der Waals surface area contributed by atoms with Crippen LogP contribution in [0.2, 0.25) is 0 Å². The number of alkyl halides is 3. The summed E-state index contributed by atoms with van der Waals surface area (Å²) in [5, 5.41) is 8.14. The predicted molar refractivity (Wildman–Crippen MR) is 64.7 cm³/mol. The van der Waals surface area contributed by atoms with E-state index >= 15 is 0 Å². The van der Waals surface area contributed by atoms with Gasteiger partial charge in [0.1, 0.15) is 0 Å². The van der Waals surface area contributed by atoms with Crippen LogP contribution in [0.3, 0.4) is 0 Å². The fraction of sp³-hybridized carbons (Fsp3) is 0.923. The molecule has 2 aliphatic rings.